The minimum atomic E-state index is -0.165. The number of amides is 1. The number of piperidine rings is 1. The van der Waals surface area contributed by atoms with E-state index in [1.165, 1.54) is 0 Å². The summed E-state index contributed by atoms with van der Waals surface area (Å²) in [6, 6.07) is 6.09. The lowest BCUT2D eigenvalue weighted by molar-refractivity contribution is -0.133. The standard InChI is InChI=1S/C15H20ClN3O/c16-13-3-1-2-10-8-18-9-12(14(10)13)15(20)19-6-4-11(17)5-7-19/h1-3,11-12,18H,4-9,17H2. The maximum Gasteiger partial charge on any atom is 0.231 e. The summed E-state index contributed by atoms with van der Waals surface area (Å²) < 4.78 is 0. The normalized spacial score (nSPS) is 23.5. The lowest BCUT2D eigenvalue weighted by Gasteiger charge is -2.35. The van der Waals surface area contributed by atoms with Gasteiger partial charge in [-0.3, -0.25) is 4.79 Å². The first kappa shape index (κ1) is 13.9. The van der Waals surface area contributed by atoms with E-state index in [0.29, 0.717) is 11.6 Å². The predicted octanol–water partition coefficient (Wildman–Crippen LogP) is 1.48. The number of nitrogens with two attached hydrogens (primary N) is 1. The summed E-state index contributed by atoms with van der Waals surface area (Å²) in [6.07, 6.45) is 1.78. The number of halogens is 1. The first-order valence-electron chi connectivity index (χ1n) is 7.19. The van der Waals surface area contributed by atoms with Crippen LogP contribution in [0, 0.1) is 0 Å². The highest BCUT2D eigenvalue weighted by atomic mass is 35.5. The van der Waals surface area contributed by atoms with Gasteiger partial charge in [0, 0.05) is 37.2 Å². The van der Waals surface area contributed by atoms with E-state index in [1.807, 2.05) is 23.1 Å². The SMILES string of the molecule is NC1CCN(C(=O)C2CNCc3cccc(Cl)c32)CC1. The van der Waals surface area contributed by atoms with Crippen LogP contribution in [0.15, 0.2) is 18.2 Å². The van der Waals surface area contributed by atoms with Crippen molar-refractivity contribution in [2.75, 3.05) is 19.6 Å². The fourth-order valence-electron chi connectivity index (χ4n) is 3.13. The molecule has 4 nitrogen and oxygen atoms in total. The summed E-state index contributed by atoms with van der Waals surface area (Å²) in [4.78, 5) is 14.7. The van der Waals surface area contributed by atoms with Crippen LogP contribution in [0.1, 0.15) is 29.9 Å². The number of fused-ring (bicyclic) bond motifs is 1. The molecule has 2 aliphatic rings. The van der Waals surface area contributed by atoms with Crippen LogP contribution in [0.25, 0.3) is 0 Å². The highest BCUT2D eigenvalue weighted by Gasteiger charge is 2.32. The molecule has 108 valence electrons. The Balaban J connectivity index is 1.83. The minimum Gasteiger partial charge on any atom is -0.342 e. The van der Waals surface area contributed by atoms with Crippen LogP contribution in [-0.2, 0) is 11.3 Å². The van der Waals surface area contributed by atoms with E-state index in [-0.39, 0.29) is 17.9 Å². The lowest BCUT2D eigenvalue weighted by atomic mass is 9.89. The number of benzene rings is 1. The van der Waals surface area contributed by atoms with Crippen molar-refractivity contribution in [3.05, 3.63) is 34.3 Å². The van der Waals surface area contributed by atoms with E-state index in [1.54, 1.807) is 0 Å². The summed E-state index contributed by atoms with van der Waals surface area (Å²) in [6.45, 7) is 2.97. The fraction of sp³-hybridized carbons (Fsp3) is 0.533. The van der Waals surface area contributed by atoms with Gasteiger partial charge in [-0.05, 0) is 30.0 Å². The van der Waals surface area contributed by atoms with E-state index in [0.717, 1.165) is 43.6 Å². The van der Waals surface area contributed by atoms with Gasteiger partial charge in [0.2, 0.25) is 5.91 Å². The maximum absolute atomic E-state index is 12.8. The van der Waals surface area contributed by atoms with Crippen molar-refractivity contribution in [3.8, 4) is 0 Å². The van der Waals surface area contributed by atoms with Crippen LogP contribution < -0.4 is 11.1 Å². The molecule has 5 heteroatoms. The number of likely N-dealkylation sites (tertiary alicyclic amines) is 1. The molecule has 1 fully saturated rings. The van der Waals surface area contributed by atoms with Crippen molar-refractivity contribution in [2.24, 2.45) is 5.73 Å². The molecule has 0 bridgehead atoms. The van der Waals surface area contributed by atoms with Gasteiger partial charge in [-0.2, -0.15) is 0 Å². The van der Waals surface area contributed by atoms with Crippen LogP contribution in [0.4, 0.5) is 0 Å². The van der Waals surface area contributed by atoms with Gasteiger partial charge in [-0.15, -0.1) is 0 Å². The average molecular weight is 294 g/mol. The number of rotatable bonds is 1. The second-order valence-electron chi connectivity index (χ2n) is 5.66. The number of nitrogens with one attached hydrogen (secondary N) is 1. The maximum atomic E-state index is 12.8. The second-order valence-corrected chi connectivity index (χ2v) is 6.07. The molecule has 1 aromatic carbocycles. The predicted molar refractivity (Wildman–Crippen MR) is 79.7 cm³/mol. The Hall–Kier alpha value is -1.10. The van der Waals surface area contributed by atoms with Crippen molar-refractivity contribution in [1.29, 1.82) is 0 Å². The van der Waals surface area contributed by atoms with Gasteiger partial charge in [0.15, 0.2) is 0 Å². The zero-order valence-corrected chi connectivity index (χ0v) is 12.2. The van der Waals surface area contributed by atoms with Crippen molar-refractivity contribution >= 4 is 17.5 Å². The zero-order chi connectivity index (χ0) is 14.1. The first-order chi connectivity index (χ1) is 9.66. The van der Waals surface area contributed by atoms with Crippen molar-refractivity contribution in [2.45, 2.75) is 31.3 Å². The summed E-state index contributed by atoms with van der Waals surface area (Å²) in [7, 11) is 0. The largest absolute Gasteiger partial charge is 0.342 e. The minimum absolute atomic E-state index is 0.165. The number of carbonyl (C=O) groups excluding carboxylic acids is 1. The Labute approximate surface area is 124 Å². The molecule has 3 rings (SSSR count). The van der Waals surface area contributed by atoms with Gasteiger partial charge in [0.1, 0.15) is 0 Å². The van der Waals surface area contributed by atoms with E-state index < -0.39 is 0 Å². The van der Waals surface area contributed by atoms with Crippen LogP contribution >= 0.6 is 11.6 Å². The molecule has 3 N–H and O–H groups in total. The van der Waals surface area contributed by atoms with Crippen LogP contribution in [0.2, 0.25) is 5.02 Å². The first-order valence-corrected chi connectivity index (χ1v) is 7.57. The van der Waals surface area contributed by atoms with E-state index in [2.05, 4.69) is 5.32 Å². The average Bonchev–Trinajstić information content (AvgIpc) is 2.47. The topological polar surface area (TPSA) is 58.4 Å². The number of hydrogen-bond acceptors (Lipinski definition) is 3. The molecule has 0 saturated carbocycles. The molecule has 1 atom stereocenters. The Morgan fingerprint density at radius 1 is 1.35 bits per heavy atom. The summed E-state index contributed by atoms with van der Waals surface area (Å²) in [5.74, 6) is 0.0141. The van der Waals surface area contributed by atoms with Gasteiger partial charge >= 0.3 is 0 Å². The molecule has 1 amide bonds. The third kappa shape index (κ3) is 2.55. The van der Waals surface area contributed by atoms with Crippen LogP contribution in [0.3, 0.4) is 0 Å². The van der Waals surface area contributed by atoms with E-state index >= 15 is 0 Å². The summed E-state index contributed by atoms with van der Waals surface area (Å²) in [5.41, 5.74) is 8.05. The number of carbonyl (C=O) groups is 1. The highest BCUT2D eigenvalue weighted by Crippen LogP contribution is 2.32. The van der Waals surface area contributed by atoms with Gasteiger partial charge in [0.05, 0.1) is 5.92 Å². The van der Waals surface area contributed by atoms with Gasteiger partial charge in [-0.25, -0.2) is 0 Å². The molecule has 2 aliphatic heterocycles. The molecule has 1 saturated heterocycles. The van der Waals surface area contributed by atoms with Crippen molar-refractivity contribution in [1.82, 2.24) is 10.2 Å². The van der Waals surface area contributed by atoms with Gasteiger partial charge in [0.25, 0.3) is 0 Å². The summed E-state index contributed by atoms with van der Waals surface area (Å²) in [5, 5.41) is 4.02. The smallest absolute Gasteiger partial charge is 0.231 e. The van der Waals surface area contributed by atoms with E-state index in [9.17, 15) is 4.79 Å². The monoisotopic (exact) mass is 293 g/mol. The molecule has 0 radical (unpaired) electrons. The van der Waals surface area contributed by atoms with Crippen LogP contribution in [0.5, 0.6) is 0 Å². The molecule has 1 aromatic rings. The van der Waals surface area contributed by atoms with Crippen LogP contribution in [-0.4, -0.2) is 36.5 Å². The quantitative estimate of drug-likeness (QED) is 0.824. The lowest BCUT2D eigenvalue weighted by Crippen LogP contribution is -2.47. The molecule has 20 heavy (non-hydrogen) atoms. The molecule has 2 heterocycles. The second kappa shape index (κ2) is 5.72. The Morgan fingerprint density at radius 2 is 2.10 bits per heavy atom. The fourth-order valence-corrected chi connectivity index (χ4v) is 3.46. The molecule has 1 unspecified atom stereocenters. The third-order valence-corrected chi connectivity index (χ3v) is 4.63. The van der Waals surface area contributed by atoms with Gasteiger partial charge < -0.3 is 16.0 Å². The number of hydrogen-bond donors (Lipinski definition) is 2. The summed E-state index contributed by atoms with van der Waals surface area (Å²) >= 11 is 6.32. The van der Waals surface area contributed by atoms with Gasteiger partial charge in [-0.1, -0.05) is 23.7 Å². The Morgan fingerprint density at radius 3 is 2.85 bits per heavy atom. The zero-order valence-electron chi connectivity index (χ0n) is 11.4. The molecule has 0 spiro atoms. The number of nitrogens with zero attached hydrogens (tertiary/aromatic N) is 1. The van der Waals surface area contributed by atoms with Crippen molar-refractivity contribution < 1.29 is 4.79 Å². The third-order valence-electron chi connectivity index (χ3n) is 4.30. The molecule has 0 aliphatic carbocycles. The molecule has 0 aromatic heterocycles. The molecular formula is C15H20ClN3O. The molecular weight excluding hydrogens is 274 g/mol. The van der Waals surface area contributed by atoms with Crippen molar-refractivity contribution in [3.63, 3.8) is 0 Å². The highest BCUT2D eigenvalue weighted by molar-refractivity contribution is 6.31. The Bertz CT molecular complexity index is 512. The van der Waals surface area contributed by atoms with E-state index in [4.69, 9.17) is 17.3 Å². The Kier molecular flexibility index (Phi) is 3.96.